The lowest BCUT2D eigenvalue weighted by Gasteiger charge is -2.13. The molecule has 0 fully saturated rings. The van der Waals surface area contributed by atoms with E-state index in [9.17, 15) is 31.9 Å². The number of nitrogens with two attached hydrogens (primary N) is 1. The molecule has 2 aromatic carbocycles. The quantitative estimate of drug-likeness (QED) is 0.260. The number of aliphatic hydroxyl groups is 1. The number of thiazole rings is 1. The lowest BCUT2D eigenvalue weighted by molar-refractivity contribution is -0.137. The molecule has 0 saturated heterocycles. The minimum absolute atomic E-state index is 0.0635. The topological polar surface area (TPSA) is 117 Å². The van der Waals surface area contributed by atoms with Gasteiger partial charge in [0.15, 0.2) is 10.7 Å². The second kappa shape index (κ2) is 9.40. The summed E-state index contributed by atoms with van der Waals surface area (Å²) in [5.41, 5.74) is 6.11. The van der Waals surface area contributed by atoms with Crippen molar-refractivity contribution in [3.8, 4) is 10.4 Å². The van der Waals surface area contributed by atoms with Gasteiger partial charge in [0, 0.05) is 12.6 Å². The van der Waals surface area contributed by atoms with Gasteiger partial charge in [-0.1, -0.05) is 29.5 Å². The first-order valence-corrected chi connectivity index (χ1v) is 11.1. The molecule has 0 unspecified atom stereocenters. The Morgan fingerprint density at radius 1 is 1.14 bits per heavy atom. The summed E-state index contributed by atoms with van der Waals surface area (Å²) in [5, 5.41) is 12.2. The molecular formula is C22H19F5N4O3S. The summed E-state index contributed by atoms with van der Waals surface area (Å²) in [5.74, 6) is -4.33. The van der Waals surface area contributed by atoms with E-state index in [1.807, 2.05) is 0 Å². The molecular weight excluding hydrogens is 495 g/mol. The molecule has 0 saturated carbocycles. The number of hydrogen-bond acceptors (Lipinski definition) is 7. The van der Waals surface area contributed by atoms with Crippen molar-refractivity contribution in [1.29, 1.82) is 0 Å². The zero-order valence-corrected chi connectivity index (χ0v) is 18.6. The van der Waals surface area contributed by atoms with E-state index in [4.69, 9.17) is 10.2 Å². The number of alkyl halides is 5. The number of aromatic nitrogens is 2. The number of oxazole rings is 1. The van der Waals surface area contributed by atoms with Crippen LogP contribution in [-0.2, 0) is 18.5 Å². The zero-order chi connectivity index (χ0) is 25.4. The predicted molar refractivity (Wildman–Crippen MR) is 121 cm³/mol. The molecule has 4 rings (SSSR count). The molecule has 0 radical (unpaired) electrons. The Labute approximate surface area is 198 Å². The molecule has 0 amide bonds. The molecule has 4 aromatic rings. The number of aromatic amines is 1. The number of rotatable bonds is 8. The van der Waals surface area contributed by atoms with Crippen LogP contribution in [0.25, 0.3) is 21.5 Å². The van der Waals surface area contributed by atoms with E-state index in [-0.39, 0.29) is 28.6 Å². The van der Waals surface area contributed by atoms with Gasteiger partial charge in [-0.25, -0.2) is 9.78 Å². The minimum atomic E-state index is -4.43. The number of aliphatic hydroxyl groups excluding tert-OH is 1. The monoisotopic (exact) mass is 514 g/mol. The van der Waals surface area contributed by atoms with E-state index < -0.39 is 41.8 Å². The lowest BCUT2D eigenvalue weighted by Crippen LogP contribution is -2.31. The van der Waals surface area contributed by atoms with Crippen LogP contribution in [-0.4, -0.2) is 34.3 Å². The number of H-pyrrole nitrogens is 1. The summed E-state index contributed by atoms with van der Waals surface area (Å²) in [6.07, 6.45) is -4.19. The van der Waals surface area contributed by atoms with Gasteiger partial charge in [-0.05, 0) is 41.8 Å². The minimum Gasteiger partial charge on any atom is -0.408 e. The number of anilines is 1. The predicted octanol–water partition coefficient (Wildman–Crippen LogP) is 4.33. The average molecular weight is 514 g/mol. The van der Waals surface area contributed by atoms with Crippen molar-refractivity contribution in [2.75, 3.05) is 18.5 Å². The maximum absolute atomic E-state index is 14.4. The van der Waals surface area contributed by atoms with Gasteiger partial charge in [0.2, 0.25) is 0 Å². The van der Waals surface area contributed by atoms with Crippen molar-refractivity contribution >= 4 is 27.6 Å². The van der Waals surface area contributed by atoms with Crippen LogP contribution >= 0.6 is 11.3 Å². The first kappa shape index (κ1) is 24.8. The first-order valence-electron chi connectivity index (χ1n) is 10.2. The summed E-state index contributed by atoms with van der Waals surface area (Å²) in [6.45, 7) is -1.36. The van der Waals surface area contributed by atoms with Crippen molar-refractivity contribution in [3.63, 3.8) is 0 Å². The molecule has 5 N–H and O–H groups in total. The molecule has 0 spiro atoms. The Balaban J connectivity index is 1.52. The Hall–Kier alpha value is -3.29. The number of nitrogens with one attached hydrogen (secondary N) is 2. The summed E-state index contributed by atoms with van der Waals surface area (Å²) < 4.78 is 72.0. The maximum atomic E-state index is 14.4. The number of fused-ring (bicyclic) bond motifs is 1. The van der Waals surface area contributed by atoms with E-state index in [0.29, 0.717) is 16.6 Å². The summed E-state index contributed by atoms with van der Waals surface area (Å²) in [4.78, 5) is 17.9. The van der Waals surface area contributed by atoms with E-state index in [1.54, 1.807) is 0 Å². The van der Waals surface area contributed by atoms with Crippen LogP contribution in [0, 0.1) is 0 Å². The highest BCUT2D eigenvalue weighted by Crippen LogP contribution is 2.41. The first-order chi connectivity index (χ1) is 16.5. The largest absolute Gasteiger partial charge is 0.417 e. The Bertz CT molecular complexity index is 1380. The van der Waals surface area contributed by atoms with Gasteiger partial charge in [-0.3, -0.25) is 4.98 Å². The average Bonchev–Trinajstić information content (AvgIpc) is 3.40. The van der Waals surface area contributed by atoms with Gasteiger partial charge in [0.05, 0.1) is 16.0 Å². The third-order valence-electron chi connectivity index (χ3n) is 5.15. The van der Waals surface area contributed by atoms with Gasteiger partial charge in [0.25, 0.3) is 0 Å². The zero-order valence-electron chi connectivity index (χ0n) is 17.8. The van der Waals surface area contributed by atoms with Crippen LogP contribution in [0.3, 0.4) is 0 Å². The molecule has 2 aromatic heterocycles. The van der Waals surface area contributed by atoms with E-state index in [0.717, 1.165) is 23.5 Å². The summed E-state index contributed by atoms with van der Waals surface area (Å²) >= 11 is 0.899. The van der Waals surface area contributed by atoms with E-state index in [2.05, 4.69) is 15.3 Å². The molecule has 1 atom stereocenters. The third kappa shape index (κ3) is 5.52. The van der Waals surface area contributed by atoms with Gasteiger partial charge in [-0.15, -0.1) is 0 Å². The van der Waals surface area contributed by atoms with Crippen LogP contribution in [0.4, 0.5) is 27.1 Å². The van der Waals surface area contributed by atoms with Crippen LogP contribution in [0.2, 0.25) is 0 Å². The van der Waals surface area contributed by atoms with Crippen LogP contribution in [0.1, 0.15) is 16.8 Å². The number of benzene rings is 2. The van der Waals surface area contributed by atoms with Crippen molar-refractivity contribution < 1.29 is 31.5 Å². The Morgan fingerprint density at radius 2 is 1.86 bits per heavy atom. The number of halogens is 5. The highest BCUT2D eigenvalue weighted by molar-refractivity contribution is 7.19. The van der Waals surface area contributed by atoms with Crippen LogP contribution < -0.4 is 16.8 Å². The molecule has 0 aliphatic heterocycles. The van der Waals surface area contributed by atoms with E-state index in [1.165, 1.54) is 30.3 Å². The lowest BCUT2D eigenvalue weighted by atomic mass is 10.0. The third-order valence-corrected chi connectivity index (χ3v) is 6.21. The molecule has 0 aliphatic rings. The summed E-state index contributed by atoms with van der Waals surface area (Å²) in [6, 6.07) is 8.48. The molecule has 2 heterocycles. The Morgan fingerprint density at radius 3 is 2.51 bits per heavy atom. The molecule has 35 heavy (non-hydrogen) atoms. The van der Waals surface area contributed by atoms with E-state index >= 15 is 0 Å². The fraction of sp³-hybridized carbons (Fsp3) is 0.273. The van der Waals surface area contributed by atoms with Crippen molar-refractivity contribution in [2.45, 2.75) is 24.6 Å². The smallest absolute Gasteiger partial charge is 0.408 e. The Kier molecular flexibility index (Phi) is 6.66. The van der Waals surface area contributed by atoms with Crippen molar-refractivity contribution in [2.24, 2.45) is 5.73 Å². The van der Waals surface area contributed by atoms with Crippen molar-refractivity contribution in [3.05, 3.63) is 69.8 Å². The van der Waals surface area contributed by atoms with Gasteiger partial charge in [0.1, 0.15) is 12.3 Å². The molecule has 0 bridgehead atoms. The number of hydrogen-bond donors (Lipinski definition) is 4. The normalized spacial score (nSPS) is 13.3. The highest BCUT2D eigenvalue weighted by Gasteiger charge is 2.37. The second-order valence-electron chi connectivity index (χ2n) is 7.82. The fourth-order valence-electron chi connectivity index (χ4n) is 3.42. The van der Waals surface area contributed by atoms with Gasteiger partial charge < -0.3 is 20.6 Å². The standard InChI is InChI=1S/C22H19F5N4O3S/c23-21(24,10-32)18-17(12-3-6-15-16(8-12)34-20(33)30-15)35-19(31-18)29-9-14(28)7-11-1-4-13(5-2-11)22(25,26)27/h1-6,8,14,32H,7,9-10,28H2,(H,29,31)(H,30,33)/t14-/m0/s1. The SMILES string of the molecule is N[C@H](CNc1nc(C(F)(F)CO)c(-c2ccc3[nH]c(=O)oc3c2)s1)Cc1ccc(C(F)(F)F)cc1. The summed E-state index contributed by atoms with van der Waals surface area (Å²) in [7, 11) is 0. The highest BCUT2D eigenvalue weighted by atomic mass is 32.1. The van der Waals surface area contributed by atoms with Gasteiger partial charge >= 0.3 is 17.9 Å². The second-order valence-corrected chi connectivity index (χ2v) is 8.82. The van der Waals surface area contributed by atoms with Crippen molar-refractivity contribution in [1.82, 2.24) is 9.97 Å². The number of nitrogens with zero attached hydrogens (tertiary/aromatic N) is 1. The molecule has 7 nitrogen and oxygen atoms in total. The molecule has 13 heteroatoms. The molecule has 0 aliphatic carbocycles. The molecule has 186 valence electrons. The maximum Gasteiger partial charge on any atom is 0.417 e. The van der Waals surface area contributed by atoms with Gasteiger partial charge in [-0.2, -0.15) is 22.0 Å². The van der Waals surface area contributed by atoms with Crippen LogP contribution in [0.15, 0.2) is 51.7 Å². The fourth-order valence-corrected chi connectivity index (χ4v) is 4.45. The van der Waals surface area contributed by atoms with Crippen LogP contribution in [0.5, 0.6) is 0 Å².